The average molecular weight is 344 g/mol. The lowest BCUT2D eigenvalue weighted by atomic mass is 10.1. The molecular formula is C22H20N2O2. The SMILES string of the molecule is CC(/C=C/c1ccccc1)=N\NC(=O)COc1cccc2ccccc12. The van der Waals surface area contributed by atoms with Crippen molar-refractivity contribution in [2.45, 2.75) is 6.92 Å². The molecule has 130 valence electrons. The predicted molar refractivity (Wildman–Crippen MR) is 106 cm³/mol. The van der Waals surface area contributed by atoms with E-state index in [4.69, 9.17) is 4.74 Å². The number of carbonyl (C=O) groups is 1. The molecule has 0 unspecified atom stereocenters. The molecule has 1 N–H and O–H groups in total. The Bertz CT molecular complexity index is 941. The number of hydrazone groups is 1. The van der Waals surface area contributed by atoms with Crippen LogP contribution in [0.25, 0.3) is 16.8 Å². The number of rotatable bonds is 6. The van der Waals surface area contributed by atoms with Crippen LogP contribution in [0.15, 0.2) is 84.0 Å². The van der Waals surface area contributed by atoms with Crippen molar-refractivity contribution in [3.63, 3.8) is 0 Å². The maximum Gasteiger partial charge on any atom is 0.277 e. The van der Waals surface area contributed by atoms with Gasteiger partial charge in [-0.3, -0.25) is 4.79 Å². The van der Waals surface area contributed by atoms with E-state index in [-0.39, 0.29) is 12.5 Å². The third-order valence-electron chi connectivity index (χ3n) is 3.78. The van der Waals surface area contributed by atoms with Crippen LogP contribution < -0.4 is 10.2 Å². The van der Waals surface area contributed by atoms with E-state index in [1.165, 1.54) is 0 Å². The molecule has 1 amide bonds. The fourth-order valence-electron chi connectivity index (χ4n) is 2.47. The van der Waals surface area contributed by atoms with Gasteiger partial charge < -0.3 is 4.74 Å². The lowest BCUT2D eigenvalue weighted by Gasteiger charge is -2.08. The average Bonchev–Trinajstić information content (AvgIpc) is 2.70. The fourth-order valence-corrected chi connectivity index (χ4v) is 2.47. The number of carbonyl (C=O) groups excluding carboxylic acids is 1. The molecule has 26 heavy (non-hydrogen) atoms. The first-order chi connectivity index (χ1) is 12.7. The summed E-state index contributed by atoms with van der Waals surface area (Å²) in [7, 11) is 0. The molecule has 0 heterocycles. The molecule has 0 aromatic heterocycles. The van der Waals surface area contributed by atoms with Crippen molar-refractivity contribution in [3.8, 4) is 5.75 Å². The van der Waals surface area contributed by atoms with Gasteiger partial charge in [-0.2, -0.15) is 5.10 Å². The smallest absolute Gasteiger partial charge is 0.277 e. The second kappa shape index (κ2) is 8.62. The van der Waals surface area contributed by atoms with Crippen molar-refractivity contribution in [2.75, 3.05) is 6.61 Å². The van der Waals surface area contributed by atoms with E-state index in [1.54, 1.807) is 0 Å². The van der Waals surface area contributed by atoms with Crippen molar-refractivity contribution in [1.29, 1.82) is 0 Å². The monoisotopic (exact) mass is 344 g/mol. The highest BCUT2D eigenvalue weighted by Gasteiger charge is 2.05. The molecule has 0 spiro atoms. The summed E-state index contributed by atoms with van der Waals surface area (Å²) < 4.78 is 5.64. The van der Waals surface area contributed by atoms with Gasteiger partial charge >= 0.3 is 0 Å². The van der Waals surface area contributed by atoms with Gasteiger partial charge in [0.15, 0.2) is 6.61 Å². The topological polar surface area (TPSA) is 50.7 Å². The highest BCUT2D eigenvalue weighted by Crippen LogP contribution is 2.24. The zero-order chi connectivity index (χ0) is 18.2. The molecule has 0 bridgehead atoms. The second-order valence-electron chi connectivity index (χ2n) is 5.80. The van der Waals surface area contributed by atoms with Crippen LogP contribution in [0.5, 0.6) is 5.75 Å². The number of nitrogens with zero attached hydrogens (tertiary/aromatic N) is 1. The van der Waals surface area contributed by atoms with Crippen molar-refractivity contribution in [1.82, 2.24) is 5.43 Å². The highest BCUT2D eigenvalue weighted by atomic mass is 16.5. The quantitative estimate of drug-likeness (QED) is 0.531. The van der Waals surface area contributed by atoms with Crippen LogP contribution in [0.4, 0.5) is 0 Å². The van der Waals surface area contributed by atoms with Crippen LogP contribution in [0.3, 0.4) is 0 Å². The van der Waals surface area contributed by atoms with Crippen molar-refractivity contribution in [2.24, 2.45) is 5.10 Å². The summed E-state index contributed by atoms with van der Waals surface area (Å²) in [5.41, 5.74) is 4.29. The molecule has 0 atom stereocenters. The molecule has 0 aliphatic heterocycles. The number of hydrogen-bond acceptors (Lipinski definition) is 3. The molecule has 0 aliphatic rings. The summed E-state index contributed by atoms with van der Waals surface area (Å²) in [4.78, 5) is 12.0. The number of hydrogen-bond donors (Lipinski definition) is 1. The van der Waals surface area contributed by atoms with E-state index in [1.807, 2.05) is 91.9 Å². The Labute approximate surface area is 152 Å². The van der Waals surface area contributed by atoms with Crippen LogP contribution in [-0.4, -0.2) is 18.2 Å². The number of allylic oxidation sites excluding steroid dienone is 1. The molecular weight excluding hydrogens is 324 g/mol. The second-order valence-corrected chi connectivity index (χ2v) is 5.80. The maximum atomic E-state index is 12.0. The molecule has 0 saturated heterocycles. The van der Waals surface area contributed by atoms with Gasteiger partial charge in [-0.15, -0.1) is 0 Å². The fraction of sp³-hybridized carbons (Fsp3) is 0.0909. The Balaban J connectivity index is 1.54. The summed E-state index contributed by atoms with van der Waals surface area (Å²) in [5, 5.41) is 6.12. The van der Waals surface area contributed by atoms with E-state index in [9.17, 15) is 4.79 Å². The molecule has 0 saturated carbocycles. The molecule has 4 heteroatoms. The van der Waals surface area contributed by atoms with Gasteiger partial charge in [-0.25, -0.2) is 5.43 Å². The third-order valence-corrected chi connectivity index (χ3v) is 3.78. The molecule has 3 rings (SSSR count). The molecule has 3 aromatic rings. The minimum Gasteiger partial charge on any atom is -0.483 e. The Morgan fingerprint density at radius 1 is 1.00 bits per heavy atom. The van der Waals surface area contributed by atoms with Crippen LogP contribution in [-0.2, 0) is 4.79 Å². The minimum atomic E-state index is -0.301. The number of fused-ring (bicyclic) bond motifs is 1. The first-order valence-electron chi connectivity index (χ1n) is 8.39. The minimum absolute atomic E-state index is 0.0901. The molecule has 0 aliphatic carbocycles. The van der Waals surface area contributed by atoms with Gasteiger partial charge in [-0.05, 0) is 30.0 Å². The number of nitrogens with one attached hydrogen (secondary N) is 1. The molecule has 4 nitrogen and oxygen atoms in total. The number of ether oxygens (including phenoxy) is 1. The van der Waals surface area contributed by atoms with E-state index in [2.05, 4.69) is 10.5 Å². The maximum absolute atomic E-state index is 12.0. The number of benzene rings is 3. The Kier molecular flexibility index (Phi) is 5.78. The lowest BCUT2D eigenvalue weighted by molar-refractivity contribution is -0.123. The van der Waals surface area contributed by atoms with Crippen molar-refractivity contribution >= 4 is 28.5 Å². The number of amides is 1. The van der Waals surface area contributed by atoms with Gasteiger partial charge in [0, 0.05) is 5.39 Å². The zero-order valence-electron chi connectivity index (χ0n) is 14.6. The predicted octanol–water partition coefficient (Wildman–Crippen LogP) is 4.42. The summed E-state index contributed by atoms with van der Waals surface area (Å²) in [6.45, 7) is 1.73. The van der Waals surface area contributed by atoms with Gasteiger partial charge in [0.05, 0.1) is 5.71 Å². The van der Waals surface area contributed by atoms with E-state index >= 15 is 0 Å². The Hall–Kier alpha value is -3.40. The third kappa shape index (κ3) is 4.80. The van der Waals surface area contributed by atoms with Crippen LogP contribution in [0, 0.1) is 0 Å². The first-order valence-corrected chi connectivity index (χ1v) is 8.39. The van der Waals surface area contributed by atoms with Crippen molar-refractivity contribution < 1.29 is 9.53 Å². The van der Waals surface area contributed by atoms with Crippen LogP contribution in [0.2, 0.25) is 0 Å². The first kappa shape index (κ1) is 17.4. The van der Waals surface area contributed by atoms with E-state index in [0.29, 0.717) is 11.5 Å². The van der Waals surface area contributed by atoms with Crippen molar-refractivity contribution in [3.05, 3.63) is 84.4 Å². The molecule has 0 fully saturated rings. The molecule has 3 aromatic carbocycles. The zero-order valence-corrected chi connectivity index (χ0v) is 14.6. The van der Waals surface area contributed by atoms with E-state index < -0.39 is 0 Å². The standard InChI is InChI=1S/C22H20N2O2/c1-17(14-15-18-8-3-2-4-9-18)23-24-22(25)16-26-21-13-7-11-19-10-5-6-12-20(19)21/h2-15H,16H2,1H3,(H,24,25)/b15-14+,23-17+. The molecule has 0 radical (unpaired) electrons. The van der Waals surface area contributed by atoms with Gasteiger partial charge in [-0.1, -0.05) is 72.8 Å². The summed E-state index contributed by atoms with van der Waals surface area (Å²) in [5.74, 6) is 0.383. The highest BCUT2D eigenvalue weighted by molar-refractivity contribution is 5.97. The summed E-state index contributed by atoms with van der Waals surface area (Å²) in [6.07, 6.45) is 3.79. The van der Waals surface area contributed by atoms with Crippen LogP contribution in [0.1, 0.15) is 12.5 Å². The Morgan fingerprint density at radius 2 is 1.73 bits per heavy atom. The van der Waals surface area contributed by atoms with Crippen LogP contribution >= 0.6 is 0 Å². The van der Waals surface area contributed by atoms with Gasteiger partial charge in [0.1, 0.15) is 5.75 Å². The largest absolute Gasteiger partial charge is 0.483 e. The van der Waals surface area contributed by atoms with Gasteiger partial charge in [0.25, 0.3) is 5.91 Å². The Morgan fingerprint density at radius 3 is 2.58 bits per heavy atom. The van der Waals surface area contributed by atoms with Gasteiger partial charge in [0.2, 0.25) is 0 Å². The normalized spacial score (nSPS) is 11.7. The lowest BCUT2D eigenvalue weighted by Crippen LogP contribution is -2.25. The van der Waals surface area contributed by atoms with E-state index in [0.717, 1.165) is 16.3 Å². The summed E-state index contributed by atoms with van der Waals surface area (Å²) >= 11 is 0. The summed E-state index contributed by atoms with van der Waals surface area (Å²) in [6, 6.07) is 23.6.